The molecule has 3 N–H and O–H groups in total. The number of piperidine rings is 1. The van der Waals surface area contributed by atoms with Gasteiger partial charge in [0.25, 0.3) is 0 Å². The van der Waals surface area contributed by atoms with Crippen LogP contribution in [0.1, 0.15) is 71.3 Å². The molecule has 0 aromatic heterocycles. The molecule has 2 saturated carbocycles. The number of Topliss-reactive ketones (excluding diaryl/α,β-unsaturated/α-hetero) is 2. The smallest absolute Gasteiger partial charge is 0.407 e. The first kappa shape index (κ1) is 27.1. The quantitative estimate of drug-likeness (QED) is 0.558. The minimum atomic E-state index is -1.40. The van der Waals surface area contributed by atoms with Crippen molar-refractivity contribution in [3.8, 4) is 0 Å². The molecule has 202 valence electrons. The third kappa shape index (κ3) is 5.98. The van der Waals surface area contributed by atoms with Gasteiger partial charge in [0.2, 0.25) is 0 Å². The number of nitrogens with one attached hydrogen (secondary N) is 1. The van der Waals surface area contributed by atoms with Crippen LogP contribution in [-0.4, -0.2) is 58.4 Å². The summed E-state index contributed by atoms with van der Waals surface area (Å²) < 4.78 is 11.7. The number of ether oxygens (including phenoxy) is 2. The molecule has 1 aromatic rings. The Kier molecular flexibility index (Phi) is 7.92. The number of urea groups is 1. The Labute approximate surface area is 218 Å². The van der Waals surface area contributed by atoms with Gasteiger partial charge < -0.3 is 25.4 Å². The zero-order valence-corrected chi connectivity index (χ0v) is 22.0. The summed E-state index contributed by atoms with van der Waals surface area (Å²) in [5, 5.41) is 2.97. The molecule has 0 bridgehead atoms. The zero-order valence-electron chi connectivity index (χ0n) is 22.0. The van der Waals surface area contributed by atoms with E-state index >= 15 is 0 Å². The Bertz CT molecular complexity index is 1020. The van der Waals surface area contributed by atoms with Crippen molar-refractivity contribution in [2.45, 2.75) is 95.6 Å². The number of nitrogens with zero attached hydrogens (tertiary/aromatic N) is 1. The lowest BCUT2D eigenvalue weighted by Crippen LogP contribution is -2.62. The molecule has 3 fully saturated rings. The molecule has 37 heavy (non-hydrogen) atoms. The second kappa shape index (κ2) is 10.8. The SMILES string of the molecule is CC(C)(C)OC(=O)N[C@H]1CC(CC2CC(=O)[C@]3(CCCCN3C(N)=O)C2=O)CC1OCc1ccccc1. The minimum absolute atomic E-state index is 0.0724. The van der Waals surface area contributed by atoms with Gasteiger partial charge in [0.15, 0.2) is 17.1 Å². The Balaban J connectivity index is 1.45. The number of alkyl carbamates (subject to hydrolysis) is 1. The third-order valence-electron chi connectivity index (χ3n) is 7.80. The van der Waals surface area contributed by atoms with Crippen molar-refractivity contribution in [2.24, 2.45) is 17.6 Å². The number of rotatable bonds is 6. The first-order valence-corrected chi connectivity index (χ1v) is 13.3. The molecular weight excluding hydrogens is 474 g/mol. The van der Waals surface area contributed by atoms with Crippen LogP contribution >= 0.6 is 0 Å². The summed E-state index contributed by atoms with van der Waals surface area (Å²) in [6.07, 6.45) is 2.94. The predicted octanol–water partition coefficient (Wildman–Crippen LogP) is 3.73. The van der Waals surface area contributed by atoms with Gasteiger partial charge in [-0.1, -0.05) is 30.3 Å². The topological polar surface area (TPSA) is 128 Å². The number of hydrogen-bond donors (Lipinski definition) is 2. The number of amides is 3. The highest BCUT2D eigenvalue weighted by molar-refractivity contribution is 6.19. The molecule has 3 aliphatic rings. The van der Waals surface area contributed by atoms with Crippen LogP contribution in [0, 0.1) is 11.8 Å². The van der Waals surface area contributed by atoms with E-state index in [-0.39, 0.29) is 36.1 Å². The average molecular weight is 514 g/mol. The molecule has 5 atom stereocenters. The summed E-state index contributed by atoms with van der Waals surface area (Å²) in [5.41, 5.74) is 4.59. The van der Waals surface area contributed by atoms with Gasteiger partial charge in [0, 0.05) is 18.9 Å². The molecule has 9 heteroatoms. The van der Waals surface area contributed by atoms with Crippen LogP contribution in [0.15, 0.2) is 30.3 Å². The highest BCUT2D eigenvalue weighted by Gasteiger charge is 2.60. The number of carbonyl (C=O) groups excluding carboxylic acids is 4. The standard InChI is InChI=1S/C28H39N3O6/c1-27(2,3)37-26(35)30-21-14-19(15-22(21)36-17-18-9-5-4-6-10-18)13-20-16-23(32)28(24(20)33)11-7-8-12-31(28)25(29)34/h4-6,9-10,19-22H,7-8,11-17H2,1-3H3,(H2,29,34)(H,30,35)/t19?,20?,21-,22?,28+/m0/s1. The molecule has 1 heterocycles. The number of benzene rings is 1. The lowest BCUT2D eigenvalue weighted by Gasteiger charge is -2.41. The molecule has 1 saturated heterocycles. The van der Waals surface area contributed by atoms with E-state index in [1.165, 1.54) is 4.90 Å². The van der Waals surface area contributed by atoms with Crippen molar-refractivity contribution in [1.29, 1.82) is 0 Å². The van der Waals surface area contributed by atoms with Crippen molar-refractivity contribution in [1.82, 2.24) is 10.2 Å². The van der Waals surface area contributed by atoms with Crippen LogP contribution < -0.4 is 11.1 Å². The molecular formula is C28H39N3O6. The Morgan fingerprint density at radius 2 is 1.86 bits per heavy atom. The van der Waals surface area contributed by atoms with Crippen LogP contribution in [0.4, 0.5) is 9.59 Å². The lowest BCUT2D eigenvalue weighted by atomic mass is 9.81. The van der Waals surface area contributed by atoms with Gasteiger partial charge in [0.1, 0.15) is 5.60 Å². The summed E-state index contributed by atoms with van der Waals surface area (Å²) in [7, 11) is 0. The predicted molar refractivity (Wildman–Crippen MR) is 137 cm³/mol. The van der Waals surface area contributed by atoms with E-state index in [1.807, 2.05) is 51.1 Å². The lowest BCUT2D eigenvalue weighted by molar-refractivity contribution is -0.139. The summed E-state index contributed by atoms with van der Waals surface area (Å²) in [6.45, 7) is 6.17. The molecule has 3 amide bonds. The van der Waals surface area contributed by atoms with Crippen molar-refractivity contribution < 1.29 is 28.7 Å². The van der Waals surface area contributed by atoms with Crippen molar-refractivity contribution in [3.63, 3.8) is 0 Å². The highest BCUT2D eigenvalue weighted by Crippen LogP contribution is 2.44. The normalized spacial score (nSPS) is 30.1. The van der Waals surface area contributed by atoms with Crippen molar-refractivity contribution >= 4 is 23.7 Å². The monoisotopic (exact) mass is 513 g/mol. The van der Waals surface area contributed by atoms with Crippen LogP contribution in [0.2, 0.25) is 0 Å². The molecule has 0 radical (unpaired) electrons. The number of ketones is 2. The van der Waals surface area contributed by atoms with Gasteiger partial charge in [0.05, 0.1) is 18.8 Å². The van der Waals surface area contributed by atoms with E-state index in [0.29, 0.717) is 45.3 Å². The Morgan fingerprint density at radius 1 is 1.14 bits per heavy atom. The molecule has 9 nitrogen and oxygen atoms in total. The van der Waals surface area contributed by atoms with Gasteiger partial charge in [-0.2, -0.15) is 0 Å². The van der Waals surface area contributed by atoms with Crippen LogP contribution in [-0.2, 0) is 25.7 Å². The second-order valence-corrected chi connectivity index (χ2v) is 11.7. The fraction of sp³-hybridized carbons (Fsp3) is 0.643. The molecule has 1 aromatic carbocycles. The highest BCUT2D eigenvalue weighted by atomic mass is 16.6. The molecule has 1 spiro atoms. The van der Waals surface area contributed by atoms with Crippen molar-refractivity contribution in [2.75, 3.05) is 6.54 Å². The summed E-state index contributed by atoms with van der Waals surface area (Å²) in [5.74, 6) is -0.767. The van der Waals surface area contributed by atoms with Crippen LogP contribution in [0.5, 0.6) is 0 Å². The minimum Gasteiger partial charge on any atom is -0.444 e. The zero-order chi connectivity index (χ0) is 26.8. The van der Waals surface area contributed by atoms with E-state index in [1.54, 1.807) is 0 Å². The maximum atomic E-state index is 13.6. The maximum Gasteiger partial charge on any atom is 0.407 e. The number of hydrogen-bond acceptors (Lipinski definition) is 6. The molecule has 3 unspecified atom stereocenters. The van der Waals surface area contributed by atoms with Crippen molar-refractivity contribution in [3.05, 3.63) is 35.9 Å². The van der Waals surface area contributed by atoms with Gasteiger partial charge in [-0.15, -0.1) is 0 Å². The van der Waals surface area contributed by atoms with Crippen LogP contribution in [0.3, 0.4) is 0 Å². The average Bonchev–Trinajstić information content (AvgIpc) is 3.30. The van der Waals surface area contributed by atoms with Gasteiger partial charge in [-0.05, 0) is 70.8 Å². The fourth-order valence-corrected chi connectivity index (χ4v) is 6.24. The van der Waals surface area contributed by atoms with E-state index < -0.39 is 29.2 Å². The van der Waals surface area contributed by atoms with Crippen LogP contribution in [0.25, 0.3) is 0 Å². The van der Waals surface area contributed by atoms with E-state index in [2.05, 4.69) is 5.32 Å². The fourth-order valence-electron chi connectivity index (χ4n) is 6.24. The second-order valence-electron chi connectivity index (χ2n) is 11.7. The first-order valence-electron chi connectivity index (χ1n) is 13.3. The molecule has 2 aliphatic carbocycles. The summed E-state index contributed by atoms with van der Waals surface area (Å²) in [6, 6.07) is 8.83. The molecule has 1 aliphatic heterocycles. The Hall–Kier alpha value is -2.94. The number of carbonyl (C=O) groups is 4. The third-order valence-corrected chi connectivity index (χ3v) is 7.80. The summed E-state index contributed by atoms with van der Waals surface area (Å²) >= 11 is 0. The Morgan fingerprint density at radius 3 is 2.54 bits per heavy atom. The number of primary amides is 1. The van der Waals surface area contributed by atoms with Gasteiger partial charge in [-0.25, -0.2) is 9.59 Å². The number of likely N-dealkylation sites (tertiary alicyclic amines) is 1. The van der Waals surface area contributed by atoms with E-state index in [9.17, 15) is 19.2 Å². The van der Waals surface area contributed by atoms with Gasteiger partial charge >= 0.3 is 12.1 Å². The maximum absolute atomic E-state index is 13.6. The van der Waals surface area contributed by atoms with E-state index in [0.717, 1.165) is 12.0 Å². The summed E-state index contributed by atoms with van der Waals surface area (Å²) in [4.78, 5) is 52.7. The largest absolute Gasteiger partial charge is 0.444 e. The molecule has 4 rings (SSSR count). The van der Waals surface area contributed by atoms with E-state index in [4.69, 9.17) is 15.2 Å². The van der Waals surface area contributed by atoms with Gasteiger partial charge in [-0.3, -0.25) is 9.59 Å². The first-order chi connectivity index (χ1) is 17.5. The number of nitrogens with two attached hydrogens (primary N) is 1.